The first-order valence-corrected chi connectivity index (χ1v) is 4.15. The van der Waals surface area contributed by atoms with Crippen molar-refractivity contribution < 1.29 is 10.2 Å². The van der Waals surface area contributed by atoms with Gasteiger partial charge in [-0.1, -0.05) is 13.8 Å². The first kappa shape index (κ1) is 9.01. The number of aliphatic hydroxyl groups excluding tert-OH is 1. The van der Waals surface area contributed by atoms with Gasteiger partial charge in [0.1, 0.15) is 0 Å². The summed E-state index contributed by atoms with van der Waals surface area (Å²) < 4.78 is 0. The van der Waals surface area contributed by atoms with Crippen LogP contribution in [0.3, 0.4) is 0 Å². The van der Waals surface area contributed by atoms with Gasteiger partial charge in [-0.3, -0.25) is 0 Å². The lowest BCUT2D eigenvalue weighted by molar-refractivity contribution is -0.0636. The smallest absolute Gasteiger partial charge is 0.0855 e. The minimum Gasteiger partial charge on any atom is -0.390 e. The number of hydrogen-bond donors (Lipinski definition) is 2. The van der Waals surface area contributed by atoms with E-state index in [4.69, 9.17) is 0 Å². The van der Waals surface area contributed by atoms with Gasteiger partial charge in [0.25, 0.3) is 0 Å². The summed E-state index contributed by atoms with van der Waals surface area (Å²) in [5.41, 5.74) is -0.710. The molecule has 2 nitrogen and oxygen atoms in total. The van der Waals surface area contributed by atoms with E-state index < -0.39 is 11.7 Å². The molecule has 1 saturated carbocycles. The Morgan fingerprint density at radius 1 is 1.45 bits per heavy atom. The van der Waals surface area contributed by atoms with Crippen molar-refractivity contribution in [2.45, 2.75) is 45.8 Å². The highest BCUT2D eigenvalue weighted by atomic mass is 16.3. The van der Waals surface area contributed by atoms with Gasteiger partial charge in [-0.15, -0.1) is 0 Å². The second-order valence-corrected chi connectivity index (χ2v) is 4.90. The maximum Gasteiger partial charge on any atom is 0.0855 e. The average molecular weight is 158 g/mol. The molecule has 0 aromatic rings. The van der Waals surface area contributed by atoms with Crippen LogP contribution in [0.25, 0.3) is 0 Å². The van der Waals surface area contributed by atoms with Crippen molar-refractivity contribution >= 4 is 0 Å². The second kappa shape index (κ2) is 2.20. The molecule has 2 heteroatoms. The van der Waals surface area contributed by atoms with Gasteiger partial charge in [0.05, 0.1) is 11.7 Å². The highest BCUT2D eigenvalue weighted by Gasteiger charge is 2.53. The third-order valence-electron chi connectivity index (χ3n) is 2.69. The van der Waals surface area contributed by atoms with Crippen LogP contribution in [-0.4, -0.2) is 21.9 Å². The Morgan fingerprint density at radius 3 is 1.91 bits per heavy atom. The first-order valence-electron chi connectivity index (χ1n) is 4.15. The van der Waals surface area contributed by atoms with E-state index in [9.17, 15) is 10.2 Å². The molecular weight excluding hydrogens is 140 g/mol. The van der Waals surface area contributed by atoms with Crippen molar-refractivity contribution in [3.8, 4) is 0 Å². The summed E-state index contributed by atoms with van der Waals surface area (Å²) >= 11 is 0. The summed E-state index contributed by atoms with van der Waals surface area (Å²) in [5, 5.41) is 19.1. The maximum atomic E-state index is 9.61. The van der Waals surface area contributed by atoms with Crippen LogP contribution in [-0.2, 0) is 0 Å². The van der Waals surface area contributed by atoms with Crippen molar-refractivity contribution in [1.29, 1.82) is 0 Å². The fourth-order valence-electron chi connectivity index (χ4n) is 1.54. The molecule has 0 radical (unpaired) electrons. The lowest BCUT2D eigenvalue weighted by Crippen LogP contribution is -2.38. The van der Waals surface area contributed by atoms with Gasteiger partial charge in [0.15, 0.2) is 0 Å². The largest absolute Gasteiger partial charge is 0.390 e. The van der Waals surface area contributed by atoms with Crippen LogP contribution in [0.1, 0.15) is 34.1 Å². The molecule has 2 N–H and O–H groups in total. The number of hydrogen-bond acceptors (Lipinski definition) is 2. The highest BCUT2D eigenvalue weighted by Crippen LogP contribution is 2.55. The SMILES string of the molecule is CC(C)(O)C(O)C1CC1(C)C. The van der Waals surface area contributed by atoms with Crippen molar-refractivity contribution in [3.05, 3.63) is 0 Å². The quantitative estimate of drug-likeness (QED) is 0.633. The van der Waals surface area contributed by atoms with Crippen molar-refractivity contribution in [2.24, 2.45) is 11.3 Å². The van der Waals surface area contributed by atoms with Crippen molar-refractivity contribution in [1.82, 2.24) is 0 Å². The topological polar surface area (TPSA) is 40.5 Å². The third-order valence-corrected chi connectivity index (χ3v) is 2.69. The Kier molecular flexibility index (Phi) is 1.81. The number of rotatable bonds is 2. The molecule has 1 aliphatic carbocycles. The monoisotopic (exact) mass is 158 g/mol. The van der Waals surface area contributed by atoms with Crippen LogP contribution in [0, 0.1) is 11.3 Å². The first-order chi connectivity index (χ1) is 4.75. The Bertz CT molecular complexity index is 155. The maximum absolute atomic E-state index is 9.61. The van der Waals surface area contributed by atoms with Crippen LogP contribution in [0.15, 0.2) is 0 Å². The molecular formula is C9H18O2. The van der Waals surface area contributed by atoms with E-state index in [1.165, 1.54) is 0 Å². The van der Waals surface area contributed by atoms with Gasteiger partial charge in [-0.05, 0) is 31.6 Å². The average Bonchev–Trinajstić information content (AvgIpc) is 2.36. The minimum atomic E-state index is -0.946. The second-order valence-electron chi connectivity index (χ2n) is 4.90. The summed E-state index contributed by atoms with van der Waals surface area (Å²) in [6, 6.07) is 0. The number of aliphatic hydroxyl groups is 2. The molecule has 1 fully saturated rings. The van der Waals surface area contributed by atoms with Crippen molar-refractivity contribution in [3.63, 3.8) is 0 Å². The fourth-order valence-corrected chi connectivity index (χ4v) is 1.54. The molecule has 1 rings (SSSR count). The molecule has 2 unspecified atom stereocenters. The Hall–Kier alpha value is -0.0800. The van der Waals surface area contributed by atoms with Crippen LogP contribution in [0.4, 0.5) is 0 Å². The fraction of sp³-hybridized carbons (Fsp3) is 1.00. The van der Waals surface area contributed by atoms with Gasteiger partial charge in [0, 0.05) is 0 Å². The zero-order chi connectivity index (χ0) is 8.86. The van der Waals surface area contributed by atoms with E-state index in [1.54, 1.807) is 13.8 Å². The van der Waals surface area contributed by atoms with E-state index >= 15 is 0 Å². The van der Waals surface area contributed by atoms with Gasteiger partial charge >= 0.3 is 0 Å². The van der Waals surface area contributed by atoms with E-state index in [1.807, 2.05) is 0 Å². The zero-order valence-electron chi connectivity index (χ0n) is 7.76. The molecule has 0 heterocycles. The standard InChI is InChI=1S/C9H18O2/c1-8(2)5-6(8)7(10)9(3,4)11/h6-7,10-11H,5H2,1-4H3. The highest BCUT2D eigenvalue weighted by molar-refractivity contribution is 5.03. The summed E-state index contributed by atoms with van der Waals surface area (Å²) in [5.74, 6) is 0.280. The summed E-state index contributed by atoms with van der Waals surface area (Å²) in [4.78, 5) is 0. The Labute approximate surface area is 68.2 Å². The molecule has 0 aliphatic heterocycles. The molecule has 0 amide bonds. The van der Waals surface area contributed by atoms with E-state index in [0.29, 0.717) is 0 Å². The Morgan fingerprint density at radius 2 is 1.82 bits per heavy atom. The summed E-state index contributed by atoms with van der Waals surface area (Å²) in [6.45, 7) is 7.55. The van der Waals surface area contributed by atoms with E-state index in [-0.39, 0.29) is 11.3 Å². The van der Waals surface area contributed by atoms with E-state index in [0.717, 1.165) is 6.42 Å². The molecule has 0 aromatic heterocycles. The van der Waals surface area contributed by atoms with Crippen LogP contribution in [0.5, 0.6) is 0 Å². The van der Waals surface area contributed by atoms with Crippen LogP contribution < -0.4 is 0 Å². The van der Waals surface area contributed by atoms with E-state index in [2.05, 4.69) is 13.8 Å². The third kappa shape index (κ3) is 1.74. The molecule has 1 aliphatic rings. The predicted octanol–water partition coefficient (Wildman–Crippen LogP) is 1.16. The molecule has 66 valence electrons. The predicted molar refractivity (Wildman–Crippen MR) is 44.2 cm³/mol. The summed E-state index contributed by atoms with van der Waals surface area (Å²) in [6.07, 6.45) is 0.454. The molecule has 0 spiro atoms. The van der Waals surface area contributed by atoms with Crippen molar-refractivity contribution in [2.75, 3.05) is 0 Å². The van der Waals surface area contributed by atoms with Gasteiger partial charge < -0.3 is 10.2 Å². The lowest BCUT2D eigenvalue weighted by atomic mass is 9.94. The van der Waals surface area contributed by atoms with Gasteiger partial charge in [-0.25, -0.2) is 0 Å². The van der Waals surface area contributed by atoms with Gasteiger partial charge in [0.2, 0.25) is 0 Å². The molecule has 0 bridgehead atoms. The van der Waals surface area contributed by atoms with Crippen LogP contribution >= 0.6 is 0 Å². The molecule has 0 aromatic carbocycles. The zero-order valence-corrected chi connectivity index (χ0v) is 7.76. The summed E-state index contributed by atoms with van der Waals surface area (Å²) in [7, 11) is 0. The molecule has 0 saturated heterocycles. The lowest BCUT2D eigenvalue weighted by Gasteiger charge is -2.25. The minimum absolute atomic E-state index is 0.236. The van der Waals surface area contributed by atoms with Gasteiger partial charge in [-0.2, -0.15) is 0 Å². The van der Waals surface area contributed by atoms with Crippen LogP contribution in [0.2, 0.25) is 0 Å². The molecule has 2 atom stereocenters. The normalized spacial score (nSPS) is 31.6. The Balaban J connectivity index is 2.52. The molecule has 11 heavy (non-hydrogen) atoms.